The molecule has 0 aliphatic heterocycles. The molecule has 0 aliphatic carbocycles. The average Bonchev–Trinajstić information content (AvgIpc) is 2.07. The summed E-state index contributed by atoms with van der Waals surface area (Å²) in [5.74, 6) is 0. The van der Waals surface area contributed by atoms with E-state index in [1.165, 1.54) is 17.3 Å². The van der Waals surface area contributed by atoms with E-state index in [0.29, 0.717) is 0 Å². The van der Waals surface area contributed by atoms with Crippen LogP contribution in [0.5, 0.6) is 0 Å². The Kier molecular flexibility index (Phi) is 12.2. The molecule has 0 spiro atoms. The molecule has 0 saturated heterocycles. The molecule has 76 valence electrons. The van der Waals surface area contributed by atoms with E-state index in [1.807, 2.05) is 0 Å². The lowest BCUT2D eigenvalue weighted by Gasteiger charge is -1.91. The van der Waals surface area contributed by atoms with Crippen molar-refractivity contribution in [1.29, 1.82) is 0 Å². The highest BCUT2D eigenvalue weighted by molar-refractivity contribution is 14.1. The van der Waals surface area contributed by atoms with Crippen molar-refractivity contribution < 1.29 is 16.8 Å². The van der Waals surface area contributed by atoms with Gasteiger partial charge in [-0.05, 0) is 10.8 Å². The van der Waals surface area contributed by atoms with E-state index in [2.05, 4.69) is 37.9 Å². The van der Waals surface area contributed by atoms with Crippen molar-refractivity contribution in [3.8, 4) is 0 Å². The summed E-state index contributed by atoms with van der Waals surface area (Å²) in [5, 5.41) is 0. The molecule has 0 bridgehead atoms. The van der Waals surface area contributed by atoms with Gasteiger partial charge in [-0.3, -0.25) is 8.37 Å². The summed E-state index contributed by atoms with van der Waals surface area (Å²) >= 11 is 2.39. The van der Waals surface area contributed by atoms with Gasteiger partial charge in [-0.1, -0.05) is 35.9 Å². The average molecular weight is 310 g/mol. The van der Waals surface area contributed by atoms with E-state index in [-0.39, 0.29) is 0 Å². The van der Waals surface area contributed by atoms with Crippen LogP contribution in [0.3, 0.4) is 0 Å². The second-order valence-corrected chi connectivity index (χ2v) is 4.35. The Balaban J connectivity index is 0. The highest BCUT2D eigenvalue weighted by Gasteiger charge is 2.01. The summed E-state index contributed by atoms with van der Waals surface area (Å²) in [7, 11) is -1.60. The number of halogens is 1. The van der Waals surface area contributed by atoms with Gasteiger partial charge in [0, 0.05) is 0 Å². The number of unbranched alkanes of at least 4 members (excludes halogenated alkanes) is 1. The van der Waals surface area contributed by atoms with E-state index in [9.17, 15) is 8.42 Å². The lowest BCUT2D eigenvalue weighted by atomic mass is 10.4. The van der Waals surface area contributed by atoms with E-state index in [1.54, 1.807) is 0 Å². The molecule has 0 atom stereocenters. The van der Waals surface area contributed by atoms with Crippen molar-refractivity contribution in [2.24, 2.45) is 0 Å². The Morgan fingerprint density at radius 3 is 1.67 bits per heavy atom. The quantitative estimate of drug-likeness (QED) is 0.586. The van der Waals surface area contributed by atoms with Crippen LogP contribution in [0.15, 0.2) is 0 Å². The molecule has 0 amide bonds. The maximum Gasteiger partial charge on any atom is 0.399 e. The van der Waals surface area contributed by atoms with Crippen molar-refractivity contribution in [2.75, 3.05) is 18.6 Å². The van der Waals surface area contributed by atoms with Crippen LogP contribution in [0.1, 0.15) is 19.8 Å². The van der Waals surface area contributed by atoms with Gasteiger partial charge in [0.25, 0.3) is 0 Å². The summed E-state index contributed by atoms with van der Waals surface area (Å²) < 4.78 is 28.8. The molecule has 0 rings (SSSR count). The van der Waals surface area contributed by atoms with Crippen LogP contribution in [0.4, 0.5) is 0 Å². The van der Waals surface area contributed by atoms with Gasteiger partial charge in [-0.25, -0.2) is 0 Å². The first-order chi connectivity index (χ1) is 5.54. The second kappa shape index (κ2) is 9.69. The van der Waals surface area contributed by atoms with Gasteiger partial charge in [0.05, 0.1) is 14.2 Å². The van der Waals surface area contributed by atoms with Crippen LogP contribution < -0.4 is 0 Å². The number of alkyl halides is 1. The third-order valence-electron chi connectivity index (χ3n) is 0.895. The lowest BCUT2D eigenvalue weighted by molar-refractivity contribution is 0.286. The summed E-state index contributed by atoms with van der Waals surface area (Å²) in [6, 6.07) is 0. The molecule has 0 heterocycles. The first-order valence-corrected chi connectivity index (χ1v) is 6.32. The van der Waals surface area contributed by atoms with Crippen molar-refractivity contribution in [3.05, 3.63) is 0 Å². The summed E-state index contributed by atoms with van der Waals surface area (Å²) in [6.45, 7) is 2.21. The van der Waals surface area contributed by atoms with E-state index >= 15 is 0 Å². The molecule has 0 aromatic heterocycles. The third-order valence-corrected chi connectivity index (χ3v) is 2.47. The highest BCUT2D eigenvalue weighted by Crippen LogP contribution is 1.90. The summed E-state index contributed by atoms with van der Waals surface area (Å²) in [4.78, 5) is 0. The van der Waals surface area contributed by atoms with Gasteiger partial charge in [-0.2, -0.15) is 8.42 Å². The van der Waals surface area contributed by atoms with Gasteiger partial charge in [0.15, 0.2) is 0 Å². The van der Waals surface area contributed by atoms with Gasteiger partial charge in [0.1, 0.15) is 0 Å². The van der Waals surface area contributed by atoms with E-state index < -0.39 is 10.4 Å². The predicted molar refractivity (Wildman–Crippen MR) is 56.7 cm³/mol. The van der Waals surface area contributed by atoms with Crippen LogP contribution in [0.25, 0.3) is 0 Å². The van der Waals surface area contributed by atoms with Crippen molar-refractivity contribution in [1.82, 2.24) is 0 Å². The fourth-order valence-electron chi connectivity index (χ4n) is 0.202. The van der Waals surface area contributed by atoms with Gasteiger partial charge in [-0.15, -0.1) is 0 Å². The number of hydrogen-bond acceptors (Lipinski definition) is 4. The molecule has 0 aromatic rings. The molecule has 0 unspecified atom stereocenters. The lowest BCUT2D eigenvalue weighted by Crippen LogP contribution is -2.02. The van der Waals surface area contributed by atoms with Crippen LogP contribution in [0, 0.1) is 0 Å². The maximum absolute atomic E-state index is 9.92. The SMILES string of the molecule is CCCCI.COS(=O)(=O)OC. The summed E-state index contributed by atoms with van der Waals surface area (Å²) in [6.07, 6.45) is 2.71. The molecule has 0 radical (unpaired) electrons. The van der Waals surface area contributed by atoms with Gasteiger partial charge >= 0.3 is 10.4 Å². The van der Waals surface area contributed by atoms with Gasteiger partial charge < -0.3 is 0 Å². The number of hydrogen-bond donors (Lipinski definition) is 0. The summed E-state index contributed by atoms with van der Waals surface area (Å²) in [5.41, 5.74) is 0. The molecule has 0 aromatic carbocycles. The molecule has 0 fully saturated rings. The van der Waals surface area contributed by atoms with E-state index in [0.717, 1.165) is 14.2 Å². The van der Waals surface area contributed by atoms with Crippen LogP contribution in [-0.4, -0.2) is 27.1 Å². The molecule has 12 heavy (non-hydrogen) atoms. The largest absolute Gasteiger partial charge is 0.399 e. The topological polar surface area (TPSA) is 52.6 Å². The fraction of sp³-hybridized carbons (Fsp3) is 1.00. The Bertz CT molecular complexity index is 154. The zero-order valence-electron chi connectivity index (χ0n) is 7.54. The van der Waals surface area contributed by atoms with E-state index in [4.69, 9.17) is 0 Å². The fourth-order valence-corrected chi connectivity index (χ4v) is 1.10. The minimum atomic E-state index is -3.66. The highest BCUT2D eigenvalue weighted by atomic mass is 127. The monoisotopic (exact) mass is 310 g/mol. The van der Waals surface area contributed by atoms with Crippen molar-refractivity contribution in [3.63, 3.8) is 0 Å². The molecule has 6 heteroatoms. The van der Waals surface area contributed by atoms with Crippen molar-refractivity contribution >= 4 is 33.0 Å². The zero-order chi connectivity index (χ0) is 10.0. The normalized spacial score (nSPS) is 10.3. The Hall–Kier alpha value is 0.600. The first-order valence-electron chi connectivity index (χ1n) is 3.46. The molecule has 4 nitrogen and oxygen atoms in total. The standard InChI is InChI=1S/C4H9I.C2H6O4S/c1-2-3-4-5;1-5-7(3,4)6-2/h2-4H2,1H3;1-2H3. The minimum absolute atomic E-state index is 1.03. The van der Waals surface area contributed by atoms with Crippen LogP contribution in [-0.2, 0) is 18.8 Å². The molecular weight excluding hydrogens is 295 g/mol. The predicted octanol–water partition coefficient (Wildman–Crippen LogP) is 1.75. The first kappa shape index (κ1) is 15.1. The molecule has 0 aliphatic rings. The Morgan fingerprint density at radius 2 is 1.67 bits per heavy atom. The minimum Gasteiger partial charge on any atom is -0.252 e. The zero-order valence-corrected chi connectivity index (χ0v) is 10.5. The molecule has 0 saturated carbocycles. The third kappa shape index (κ3) is 13.2. The molecular formula is C6H15IO4S. The van der Waals surface area contributed by atoms with Gasteiger partial charge in [0.2, 0.25) is 0 Å². The van der Waals surface area contributed by atoms with Crippen LogP contribution in [0.2, 0.25) is 0 Å². The Labute approximate surface area is 88.1 Å². The van der Waals surface area contributed by atoms with Crippen molar-refractivity contribution in [2.45, 2.75) is 19.8 Å². The maximum atomic E-state index is 9.92. The molecule has 0 N–H and O–H groups in total. The van der Waals surface area contributed by atoms with Crippen LogP contribution >= 0.6 is 22.6 Å². The smallest absolute Gasteiger partial charge is 0.252 e. The Morgan fingerprint density at radius 1 is 1.25 bits per heavy atom. The number of rotatable bonds is 4. The second-order valence-electron chi connectivity index (χ2n) is 1.78.